The molecule has 4 aromatic rings. The molecule has 1 saturated heterocycles. The van der Waals surface area contributed by atoms with Crippen molar-refractivity contribution in [1.82, 2.24) is 34.9 Å². The molecular formula is C29H37F3N8O2. The van der Waals surface area contributed by atoms with Crippen molar-refractivity contribution in [2.75, 3.05) is 26.8 Å². The van der Waals surface area contributed by atoms with Gasteiger partial charge < -0.3 is 14.8 Å². The van der Waals surface area contributed by atoms with E-state index in [-0.39, 0.29) is 29.5 Å². The van der Waals surface area contributed by atoms with Crippen LogP contribution in [0.4, 0.5) is 13.2 Å². The topological polar surface area (TPSA) is 115 Å². The molecule has 0 spiro atoms. The van der Waals surface area contributed by atoms with Crippen LogP contribution in [0.1, 0.15) is 75.1 Å². The van der Waals surface area contributed by atoms with Crippen LogP contribution < -0.4 is 10.1 Å². The summed E-state index contributed by atoms with van der Waals surface area (Å²) in [6.07, 6.45) is 1.55. The minimum atomic E-state index is -4.56. The van der Waals surface area contributed by atoms with Crippen molar-refractivity contribution in [1.29, 1.82) is 5.26 Å². The van der Waals surface area contributed by atoms with Gasteiger partial charge in [0, 0.05) is 36.8 Å². The number of hydrogen-bond donors (Lipinski definition) is 1. The molecule has 1 N–H and O–H groups in total. The van der Waals surface area contributed by atoms with Gasteiger partial charge in [-0.05, 0) is 45.0 Å². The van der Waals surface area contributed by atoms with Gasteiger partial charge in [-0.1, -0.05) is 32.9 Å². The fourth-order valence-corrected chi connectivity index (χ4v) is 4.68. The number of ether oxygens (including phenoxy) is 2. The van der Waals surface area contributed by atoms with Crippen LogP contribution in [0.5, 0.6) is 5.75 Å². The molecule has 1 fully saturated rings. The zero-order chi connectivity index (χ0) is 30.9. The molecule has 226 valence electrons. The zero-order valence-electron chi connectivity index (χ0n) is 24.7. The third-order valence-corrected chi connectivity index (χ3v) is 6.60. The molecule has 1 aliphatic rings. The van der Waals surface area contributed by atoms with Crippen LogP contribution in [-0.4, -0.2) is 56.4 Å². The highest BCUT2D eigenvalue weighted by Gasteiger charge is 2.32. The summed E-state index contributed by atoms with van der Waals surface area (Å²) in [6.45, 7) is 11.7. The smallest absolute Gasteiger partial charge is 0.417 e. The Hall–Kier alpha value is -4.02. The van der Waals surface area contributed by atoms with Crippen molar-refractivity contribution in [3.8, 4) is 23.1 Å². The molecule has 4 aromatic heterocycles. The quantitative estimate of drug-likeness (QED) is 0.283. The average Bonchev–Trinajstić information content (AvgIpc) is 3.62. The Kier molecular flexibility index (Phi) is 11.4. The van der Waals surface area contributed by atoms with Crippen LogP contribution in [0.3, 0.4) is 0 Å². The van der Waals surface area contributed by atoms with Crippen molar-refractivity contribution in [3.05, 3.63) is 59.3 Å². The van der Waals surface area contributed by atoms with Gasteiger partial charge in [-0.3, -0.25) is 4.98 Å². The fraction of sp³-hybridized carbons (Fsp3) is 0.483. The summed E-state index contributed by atoms with van der Waals surface area (Å²) in [6, 6.07) is 5.00. The second-order valence-corrected chi connectivity index (χ2v) is 9.07. The van der Waals surface area contributed by atoms with Crippen molar-refractivity contribution in [3.63, 3.8) is 0 Å². The Morgan fingerprint density at radius 3 is 2.48 bits per heavy atom. The summed E-state index contributed by atoms with van der Waals surface area (Å²) < 4.78 is 55.0. The van der Waals surface area contributed by atoms with Gasteiger partial charge in [0.2, 0.25) is 0 Å². The molecule has 0 saturated carbocycles. The molecule has 1 aliphatic heterocycles. The van der Waals surface area contributed by atoms with Gasteiger partial charge in [0.1, 0.15) is 34.7 Å². The molecule has 42 heavy (non-hydrogen) atoms. The van der Waals surface area contributed by atoms with E-state index in [1.54, 1.807) is 12.3 Å². The van der Waals surface area contributed by atoms with Crippen LogP contribution in [0.25, 0.3) is 16.8 Å². The maximum absolute atomic E-state index is 13.3. The van der Waals surface area contributed by atoms with Crippen LogP contribution in [0.2, 0.25) is 0 Å². The first-order valence-corrected chi connectivity index (χ1v) is 14.0. The van der Waals surface area contributed by atoms with Gasteiger partial charge in [0.05, 0.1) is 30.1 Å². The standard InChI is InChI=1S/C25H25F3N8O2.2C2H6/c1-15-23(33-34-36(15)20-3-5-30-6-4-20)17-8-21(24-18(9-29)11-32-35(24)13-17)38-22(14-37-2)16-7-19(12-31-10-16)25(26,27)28;2*1-2/h7-8,10-13,20,22,30H,3-6,14H2,1-2H3;2*1-2H3. The molecule has 0 aromatic carbocycles. The summed E-state index contributed by atoms with van der Waals surface area (Å²) in [7, 11) is 1.42. The second-order valence-electron chi connectivity index (χ2n) is 9.07. The van der Waals surface area contributed by atoms with E-state index in [0.717, 1.165) is 43.9 Å². The Balaban J connectivity index is 0.00000116. The normalized spacial score (nSPS) is 14.3. The van der Waals surface area contributed by atoms with Crippen molar-refractivity contribution in [2.45, 2.75) is 65.8 Å². The number of fused-ring (bicyclic) bond motifs is 1. The van der Waals surface area contributed by atoms with E-state index in [1.807, 2.05) is 39.3 Å². The van der Waals surface area contributed by atoms with Gasteiger partial charge in [-0.15, -0.1) is 5.10 Å². The lowest BCUT2D eigenvalue weighted by Crippen LogP contribution is -2.30. The predicted molar refractivity (Wildman–Crippen MR) is 152 cm³/mol. The third kappa shape index (κ3) is 7.06. The van der Waals surface area contributed by atoms with E-state index in [2.05, 4.69) is 31.8 Å². The predicted octanol–water partition coefficient (Wildman–Crippen LogP) is 5.93. The fourth-order valence-electron chi connectivity index (χ4n) is 4.68. The molecule has 0 aliphatic carbocycles. The summed E-state index contributed by atoms with van der Waals surface area (Å²) in [5.41, 5.74) is 2.03. The Morgan fingerprint density at radius 1 is 1.12 bits per heavy atom. The number of nitriles is 1. The van der Waals surface area contributed by atoms with Crippen LogP contribution >= 0.6 is 0 Å². The molecule has 0 amide bonds. The number of nitrogens with one attached hydrogen (secondary N) is 1. The van der Waals surface area contributed by atoms with Crippen molar-refractivity contribution < 1.29 is 22.6 Å². The minimum Gasteiger partial charge on any atom is -0.481 e. The molecule has 10 nitrogen and oxygen atoms in total. The molecule has 13 heteroatoms. The van der Waals surface area contributed by atoms with Crippen molar-refractivity contribution >= 4 is 5.52 Å². The second kappa shape index (κ2) is 14.7. The highest BCUT2D eigenvalue weighted by Crippen LogP contribution is 2.35. The van der Waals surface area contributed by atoms with E-state index in [1.165, 1.54) is 24.0 Å². The average molecular weight is 587 g/mol. The zero-order valence-corrected chi connectivity index (χ0v) is 24.7. The number of aromatic nitrogens is 6. The molecule has 0 bridgehead atoms. The lowest BCUT2D eigenvalue weighted by molar-refractivity contribution is -0.137. The maximum atomic E-state index is 13.3. The molecule has 5 heterocycles. The third-order valence-electron chi connectivity index (χ3n) is 6.60. The molecule has 0 radical (unpaired) electrons. The number of pyridine rings is 2. The maximum Gasteiger partial charge on any atom is 0.417 e. The number of rotatable bonds is 7. The lowest BCUT2D eigenvalue weighted by atomic mass is 10.1. The molecule has 1 atom stereocenters. The van der Waals surface area contributed by atoms with Gasteiger partial charge >= 0.3 is 6.18 Å². The van der Waals surface area contributed by atoms with E-state index in [0.29, 0.717) is 16.8 Å². The Morgan fingerprint density at radius 2 is 1.83 bits per heavy atom. The summed E-state index contributed by atoms with van der Waals surface area (Å²) in [4.78, 5) is 3.75. The lowest BCUT2D eigenvalue weighted by Gasteiger charge is -2.23. The van der Waals surface area contributed by atoms with Gasteiger partial charge in [-0.25, -0.2) is 9.20 Å². The van der Waals surface area contributed by atoms with Crippen molar-refractivity contribution in [2.24, 2.45) is 0 Å². The minimum absolute atomic E-state index is 0.0552. The Labute approximate surface area is 243 Å². The Bertz CT molecular complexity index is 1490. The van der Waals surface area contributed by atoms with E-state index in [4.69, 9.17) is 9.47 Å². The molecular weight excluding hydrogens is 549 g/mol. The number of alkyl halides is 3. The highest BCUT2D eigenvalue weighted by atomic mass is 19.4. The van der Waals surface area contributed by atoms with Gasteiger partial charge in [0.25, 0.3) is 0 Å². The van der Waals surface area contributed by atoms with E-state index < -0.39 is 17.8 Å². The van der Waals surface area contributed by atoms with E-state index in [9.17, 15) is 18.4 Å². The largest absolute Gasteiger partial charge is 0.481 e. The van der Waals surface area contributed by atoms with Crippen LogP contribution in [-0.2, 0) is 10.9 Å². The summed E-state index contributed by atoms with van der Waals surface area (Å²) >= 11 is 0. The first-order chi connectivity index (χ1) is 20.3. The number of nitrogens with zero attached hydrogens (tertiary/aromatic N) is 7. The number of methoxy groups -OCH3 is 1. The molecule has 5 rings (SSSR count). The SMILES string of the molecule is CC.CC.COCC(Oc1cc(-c2nnn(C3CCNCC3)c2C)cn2ncc(C#N)c12)c1cncc(C(F)(F)F)c1. The monoisotopic (exact) mass is 586 g/mol. The summed E-state index contributed by atoms with van der Waals surface area (Å²) in [5, 5.41) is 26.1. The highest BCUT2D eigenvalue weighted by molar-refractivity contribution is 5.74. The van der Waals surface area contributed by atoms with Gasteiger partial charge in [0.15, 0.2) is 0 Å². The van der Waals surface area contributed by atoms with Crippen LogP contribution in [0.15, 0.2) is 36.9 Å². The number of hydrogen-bond acceptors (Lipinski definition) is 8. The first-order valence-electron chi connectivity index (χ1n) is 14.0. The first kappa shape index (κ1) is 32.5. The van der Waals surface area contributed by atoms with E-state index >= 15 is 0 Å². The number of piperidine rings is 1. The molecule has 1 unspecified atom stereocenters. The summed E-state index contributed by atoms with van der Waals surface area (Å²) in [5.74, 6) is 0.242. The van der Waals surface area contributed by atoms with Crippen LogP contribution in [0, 0.1) is 18.3 Å². The number of halogens is 3. The van der Waals surface area contributed by atoms with Gasteiger partial charge in [-0.2, -0.15) is 23.5 Å².